The molecule has 1 aromatic heterocycles. The van der Waals surface area contributed by atoms with E-state index in [4.69, 9.17) is 0 Å². The van der Waals surface area contributed by atoms with Gasteiger partial charge in [-0.15, -0.1) is 0 Å². The van der Waals surface area contributed by atoms with Gasteiger partial charge in [-0.3, -0.25) is 9.59 Å². The Morgan fingerprint density at radius 3 is 2.53 bits per heavy atom. The molecule has 3 rings (SSSR count). The molecule has 1 atom stereocenters. The summed E-state index contributed by atoms with van der Waals surface area (Å²) < 4.78 is 28.0. The summed E-state index contributed by atoms with van der Waals surface area (Å²) in [6, 6.07) is 12.1. The van der Waals surface area contributed by atoms with Gasteiger partial charge in [0.25, 0.3) is 5.56 Å². The fourth-order valence-corrected chi connectivity index (χ4v) is 5.48. The lowest BCUT2D eigenvalue weighted by Gasteiger charge is -2.33. The van der Waals surface area contributed by atoms with Crippen molar-refractivity contribution in [2.45, 2.75) is 51.7 Å². The highest BCUT2D eigenvalue weighted by Crippen LogP contribution is 2.21. The molecule has 7 nitrogen and oxygen atoms in total. The number of aromatic nitrogens is 1. The monoisotopic (exact) mass is 431 g/mol. The Bertz CT molecular complexity index is 1020. The van der Waals surface area contributed by atoms with E-state index in [1.54, 1.807) is 16.8 Å². The summed E-state index contributed by atoms with van der Waals surface area (Å²) in [5.74, 6) is -0.169. The molecule has 1 aliphatic heterocycles. The number of nitrogens with one attached hydrogen (secondary N) is 1. The maximum absolute atomic E-state index is 12.7. The SMILES string of the molecule is CCCS(=O)(=O)N1CCCCC1C(=O)NCc1ccc(Cn2ccccc2=O)cc1. The van der Waals surface area contributed by atoms with E-state index in [0.29, 0.717) is 32.5 Å². The highest BCUT2D eigenvalue weighted by molar-refractivity contribution is 7.89. The zero-order valence-corrected chi connectivity index (χ0v) is 18.1. The molecular formula is C22H29N3O4S. The van der Waals surface area contributed by atoms with E-state index in [1.165, 1.54) is 10.4 Å². The molecule has 8 heteroatoms. The standard InChI is InChI=1S/C22H29N3O4S/c1-2-15-30(28,29)25-14-6-3-7-20(25)22(27)23-16-18-9-11-19(12-10-18)17-24-13-5-4-8-21(24)26/h4-5,8-13,20H,2-3,6-7,14-17H2,1H3,(H,23,27). The van der Waals surface area contributed by atoms with Gasteiger partial charge in [-0.25, -0.2) is 8.42 Å². The van der Waals surface area contributed by atoms with Crippen molar-refractivity contribution in [1.82, 2.24) is 14.2 Å². The summed E-state index contributed by atoms with van der Waals surface area (Å²) in [6.45, 7) is 3.06. The van der Waals surface area contributed by atoms with Crippen LogP contribution in [0.1, 0.15) is 43.7 Å². The number of carbonyl (C=O) groups excluding carboxylic acids is 1. The molecule has 0 saturated carbocycles. The molecule has 1 unspecified atom stereocenters. The quantitative estimate of drug-likeness (QED) is 0.693. The summed E-state index contributed by atoms with van der Waals surface area (Å²) in [5, 5.41) is 2.89. The minimum Gasteiger partial charge on any atom is -0.351 e. The lowest BCUT2D eigenvalue weighted by molar-refractivity contribution is -0.125. The number of hydrogen-bond acceptors (Lipinski definition) is 4. The molecular weight excluding hydrogens is 402 g/mol. The Hall–Kier alpha value is -2.45. The maximum atomic E-state index is 12.7. The lowest BCUT2D eigenvalue weighted by atomic mass is 10.0. The molecule has 30 heavy (non-hydrogen) atoms. The predicted octanol–water partition coefficient (Wildman–Crippen LogP) is 2.11. The zero-order valence-electron chi connectivity index (χ0n) is 17.3. The van der Waals surface area contributed by atoms with Gasteiger partial charge in [0.05, 0.1) is 12.3 Å². The molecule has 0 bridgehead atoms. The first-order valence-electron chi connectivity index (χ1n) is 10.4. The molecule has 2 heterocycles. The van der Waals surface area contributed by atoms with Gasteiger partial charge in [0, 0.05) is 25.4 Å². The number of pyridine rings is 1. The zero-order chi connectivity index (χ0) is 21.6. The first-order valence-corrected chi connectivity index (χ1v) is 12.0. The van der Waals surface area contributed by atoms with E-state index in [9.17, 15) is 18.0 Å². The van der Waals surface area contributed by atoms with Crippen LogP contribution in [0.4, 0.5) is 0 Å². The topological polar surface area (TPSA) is 88.5 Å². The first-order chi connectivity index (χ1) is 14.4. The Labute approximate surface area is 177 Å². The molecule has 1 fully saturated rings. The van der Waals surface area contributed by atoms with E-state index in [1.807, 2.05) is 37.3 Å². The number of nitrogens with zero attached hydrogens (tertiary/aromatic N) is 2. The molecule has 162 valence electrons. The van der Waals surface area contributed by atoms with Crippen LogP contribution >= 0.6 is 0 Å². The summed E-state index contributed by atoms with van der Waals surface area (Å²) in [4.78, 5) is 24.5. The van der Waals surface area contributed by atoms with Gasteiger partial charge >= 0.3 is 0 Å². The molecule has 2 aromatic rings. The van der Waals surface area contributed by atoms with Gasteiger partial charge in [0.15, 0.2) is 0 Å². The van der Waals surface area contributed by atoms with Crippen LogP contribution in [0.25, 0.3) is 0 Å². The van der Waals surface area contributed by atoms with Crippen LogP contribution in [0.3, 0.4) is 0 Å². The smallest absolute Gasteiger partial charge is 0.250 e. The second kappa shape index (κ2) is 10.0. The van der Waals surface area contributed by atoms with E-state index in [0.717, 1.165) is 24.0 Å². The second-order valence-corrected chi connectivity index (χ2v) is 9.68. The van der Waals surface area contributed by atoms with Crippen molar-refractivity contribution in [3.63, 3.8) is 0 Å². The molecule has 1 N–H and O–H groups in total. The van der Waals surface area contributed by atoms with Gasteiger partial charge in [-0.1, -0.05) is 43.7 Å². The van der Waals surface area contributed by atoms with Crippen molar-refractivity contribution in [2.24, 2.45) is 0 Å². The molecule has 0 aliphatic carbocycles. The van der Waals surface area contributed by atoms with Crippen molar-refractivity contribution in [3.05, 3.63) is 70.1 Å². The van der Waals surface area contributed by atoms with Crippen LogP contribution in [0.2, 0.25) is 0 Å². The summed E-state index contributed by atoms with van der Waals surface area (Å²) in [7, 11) is -3.40. The summed E-state index contributed by atoms with van der Waals surface area (Å²) in [5.41, 5.74) is 1.86. The third kappa shape index (κ3) is 5.58. The number of benzene rings is 1. The van der Waals surface area contributed by atoms with E-state index in [2.05, 4.69) is 5.32 Å². The van der Waals surface area contributed by atoms with Gasteiger partial charge in [-0.05, 0) is 36.5 Å². The molecule has 1 amide bonds. The largest absolute Gasteiger partial charge is 0.351 e. The van der Waals surface area contributed by atoms with Gasteiger partial charge in [0.1, 0.15) is 6.04 Å². The fraction of sp³-hybridized carbons (Fsp3) is 0.455. The molecule has 1 saturated heterocycles. The predicted molar refractivity (Wildman–Crippen MR) is 117 cm³/mol. The average molecular weight is 432 g/mol. The maximum Gasteiger partial charge on any atom is 0.250 e. The van der Waals surface area contributed by atoms with Gasteiger partial charge < -0.3 is 9.88 Å². The van der Waals surface area contributed by atoms with Crippen LogP contribution in [0.5, 0.6) is 0 Å². The van der Waals surface area contributed by atoms with Crippen molar-refractivity contribution in [2.75, 3.05) is 12.3 Å². The summed E-state index contributed by atoms with van der Waals surface area (Å²) >= 11 is 0. The highest BCUT2D eigenvalue weighted by atomic mass is 32.2. The molecule has 0 radical (unpaired) electrons. The number of hydrogen-bond donors (Lipinski definition) is 1. The Balaban J connectivity index is 1.60. The number of piperidine rings is 1. The molecule has 1 aliphatic rings. The Kier molecular flexibility index (Phi) is 7.44. The van der Waals surface area contributed by atoms with Gasteiger partial charge in [-0.2, -0.15) is 4.31 Å². The fourth-order valence-electron chi connectivity index (χ4n) is 3.73. The molecule has 0 spiro atoms. The van der Waals surface area contributed by atoms with Crippen LogP contribution < -0.4 is 10.9 Å². The number of amides is 1. The minimum atomic E-state index is -3.40. The van der Waals surface area contributed by atoms with Crippen molar-refractivity contribution in [3.8, 4) is 0 Å². The third-order valence-corrected chi connectivity index (χ3v) is 7.39. The molecule has 1 aromatic carbocycles. The van der Waals surface area contributed by atoms with E-state index in [-0.39, 0.29) is 17.2 Å². The van der Waals surface area contributed by atoms with Crippen LogP contribution in [-0.2, 0) is 27.9 Å². The first kappa shape index (κ1) is 22.2. The third-order valence-electron chi connectivity index (χ3n) is 5.32. The Morgan fingerprint density at radius 2 is 1.83 bits per heavy atom. The van der Waals surface area contributed by atoms with Crippen molar-refractivity contribution < 1.29 is 13.2 Å². The average Bonchev–Trinajstić information content (AvgIpc) is 2.74. The van der Waals surface area contributed by atoms with Gasteiger partial charge in [0.2, 0.25) is 15.9 Å². The second-order valence-electron chi connectivity index (χ2n) is 7.64. The number of carbonyl (C=O) groups is 1. The number of rotatable bonds is 8. The Morgan fingerprint density at radius 1 is 1.10 bits per heavy atom. The highest BCUT2D eigenvalue weighted by Gasteiger charge is 2.35. The van der Waals surface area contributed by atoms with Crippen molar-refractivity contribution >= 4 is 15.9 Å². The van der Waals surface area contributed by atoms with Crippen LogP contribution in [0, 0.1) is 0 Å². The van der Waals surface area contributed by atoms with Crippen molar-refractivity contribution in [1.29, 1.82) is 0 Å². The van der Waals surface area contributed by atoms with E-state index >= 15 is 0 Å². The van der Waals surface area contributed by atoms with Crippen LogP contribution in [0.15, 0.2) is 53.5 Å². The summed E-state index contributed by atoms with van der Waals surface area (Å²) in [6.07, 6.45) is 4.48. The normalized spacial score (nSPS) is 17.6. The number of sulfonamides is 1. The lowest BCUT2D eigenvalue weighted by Crippen LogP contribution is -2.52. The minimum absolute atomic E-state index is 0.0519. The van der Waals surface area contributed by atoms with E-state index < -0.39 is 16.1 Å². The van der Waals surface area contributed by atoms with Crippen LogP contribution in [-0.4, -0.2) is 41.5 Å².